The van der Waals surface area contributed by atoms with Crippen LogP contribution in [0.1, 0.15) is 0 Å². The first-order chi connectivity index (χ1) is 14.4. The van der Waals surface area contributed by atoms with Gasteiger partial charge in [-0.2, -0.15) is 0 Å². The van der Waals surface area contributed by atoms with Crippen molar-refractivity contribution in [1.29, 1.82) is 0 Å². The largest absolute Gasteiger partial charge is 0.344 e. The van der Waals surface area contributed by atoms with Crippen molar-refractivity contribution in [1.82, 2.24) is 0 Å². The zero-order valence-corrected chi connectivity index (χ0v) is 21.1. The molecule has 1 saturated heterocycles. The summed E-state index contributed by atoms with van der Waals surface area (Å²) in [5.74, 6) is -6.93. The molecule has 1 heterocycles. The first-order valence-electron chi connectivity index (χ1n) is 9.30. The predicted molar refractivity (Wildman–Crippen MR) is 120 cm³/mol. The van der Waals surface area contributed by atoms with Crippen LogP contribution in [-0.2, 0) is 19.1 Å². The molecule has 7 rings (SSSR count). The van der Waals surface area contributed by atoms with Crippen LogP contribution in [0.3, 0.4) is 0 Å². The maximum Gasteiger partial charge on any atom is 0.218 e. The van der Waals surface area contributed by atoms with Gasteiger partial charge in [-0.05, 0) is 0 Å². The van der Waals surface area contributed by atoms with Gasteiger partial charge in [0.05, 0.1) is 40.1 Å². The first kappa shape index (κ1) is 22.3. The summed E-state index contributed by atoms with van der Waals surface area (Å²) in [6.07, 6.45) is 3.22. The standard InChI is InChI=1S/C19H10Cl8O4/c20-9-11(21)15(24)6-2-1-5(16(15,25)14(9)29)7-8(10(6)28)18(27)13(23)12(22)17(7,26)19(18)30-3-4-31-19/h1-2,5-8H,3-4H2/t5-,6-,7+,8+,15+,16+,17-,18-/m0/s1. The summed E-state index contributed by atoms with van der Waals surface area (Å²) in [5, 5.41) is -0.549. The smallest absolute Gasteiger partial charge is 0.218 e. The van der Waals surface area contributed by atoms with E-state index >= 15 is 0 Å². The second-order valence-corrected chi connectivity index (χ2v) is 12.4. The van der Waals surface area contributed by atoms with Crippen molar-refractivity contribution in [3.05, 3.63) is 32.3 Å². The number of carbonyl (C=O) groups is 2. The van der Waals surface area contributed by atoms with Crippen LogP contribution >= 0.6 is 92.8 Å². The highest BCUT2D eigenvalue weighted by Crippen LogP contribution is 2.80. The van der Waals surface area contributed by atoms with E-state index in [4.69, 9.17) is 102 Å². The molecular weight excluding hydrogens is 576 g/mol. The molecule has 0 N–H and O–H groups in total. The van der Waals surface area contributed by atoms with Crippen LogP contribution in [0.4, 0.5) is 0 Å². The van der Waals surface area contributed by atoms with Crippen molar-refractivity contribution < 1.29 is 19.1 Å². The van der Waals surface area contributed by atoms with Gasteiger partial charge in [0, 0.05) is 11.8 Å². The van der Waals surface area contributed by atoms with Gasteiger partial charge in [-0.25, -0.2) is 0 Å². The van der Waals surface area contributed by atoms with Crippen molar-refractivity contribution in [2.45, 2.75) is 25.3 Å². The number of allylic oxidation sites excluding steroid dienone is 4. The van der Waals surface area contributed by atoms with Crippen molar-refractivity contribution in [3.63, 3.8) is 0 Å². The molecule has 4 bridgehead atoms. The van der Waals surface area contributed by atoms with Crippen LogP contribution in [0.15, 0.2) is 32.3 Å². The summed E-state index contributed by atoms with van der Waals surface area (Å²) in [5.41, 5.74) is 0. The molecule has 31 heavy (non-hydrogen) atoms. The second-order valence-electron chi connectivity index (χ2n) is 8.54. The average Bonchev–Trinajstić information content (AvgIpc) is 3.32. The number of ketones is 2. The minimum atomic E-state index is -1.90. The van der Waals surface area contributed by atoms with E-state index in [-0.39, 0.29) is 33.3 Å². The molecule has 4 nitrogen and oxygen atoms in total. The summed E-state index contributed by atoms with van der Waals surface area (Å²) in [6.45, 7) is 0.330. The van der Waals surface area contributed by atoms with E-state index < -0.39 is 60.5 Å². The Kier molecular flexibility index (Phi) is 4.40. The van der Waals surface area contributed by atoms with E-state index in [0.29, 0.717) is 0 Å². The maximum absolute atomic E-state index is 14.1. The number of alkyl halides is 4. The minimum Gasteiger partial charge on any atom is -0.344 e. The molecule has 166 valence electrons. The molecule has 0 amide bonds. The molecule has 0 aromatic heterocycles. The van der Waals surface area contributed by atoms with Crippen LogP contribution < -0.4 is 0 Å². The van der Waals surface area contributed by atoms with Crippen LogP contribution in [0.5, 0.6) is 0 Å². The Morgan fingerprint density at radius 2 is 1.35 bits per heavy atom. The SMILES string of the molecule is O=C1[C@H]2[C@@H]([C@@H]3C=C[C@@H]1[C@@]1(Cl)C(Cl)=C(Cl)C(=O)[C@]31Cl)[C@]1(Cl)C(Cl)=C(Cl)[C@]2(Cl)C12OCCO2. The van der Waals surface area contributed by atoms with E-state index in [1.807, 2.05) is 0 Å². The summed E-state index contributed by atoms with van der Waals surface area (Å²) >= 11 is 54.3. The molecule has 6 aliphatic carbocycles. The first-order valence-corrected chi connectivity index (χ1v) is 12.3. The highest BCUT2D eigenvalue weighted by Gasteiger charge is 2.91. The van der Waals surface area contributed by atoms with Gasteiger partial charge in [0.15, 0.2) is 5.78 Å². The summed E-state index contributed by atoms with van der Waals surface area (Å²) < 4.78 is 11.9. The molecule has 1 spiro atoms. The Morgan fingerprint density at radius 1 is 0.774 bits per heavy atom. The Morgan fingerprint density at radius 3 is 1.97 bits per heavy atom. The third-order valence-electron chi connectivity index (χ3n) is 7.70. The molecule has 0 aromatic rings. The molecule has 2 saturated carbocycles. The minimum absolute atomic E-state index is 0.0171. The second kappa shape index (κ2) is 6.13. The normalized spacial score (nSPS) is 53.8. The third kappa shape index (κ3) is 1.84. The third-order valence-corrected chi connectivity index (χ3v) is 12.9. The van der Waals surface area contributed by atoms with Gasteiger partial charge in [0.2, 0.25) is 5.79 Å². The number of halogens is 8. The van der Waals surface area contributed by atoms with Crippen LogP contribution in [0.25, 0.3) is 0 Å². The fraction of sp³-hybridized carbons (Fsp3) is 0.579. The topological polar surface area (TPSA) is 52.6 Å². The van der Waals surface area contributed by atoms with Crippen molar-refractivity contribution in [3.8, 4) is 0 Å². The number of Topliss-reactive ketones (excluding diaryl/α,β-unsaturated/α-hetero) is 2. The lowest BCUT2D eigenvalue weighted by molar-refractivity contribution is -0.175. The van der Waals surface area contributed by atoms with Gasteiger partial charge in [-0.15, -0.1) is 46.4 Å². The fourth-order valence-corrected chi connectivity index (χ4v) is 10.5. The van der Waals surface area contributed by atoms with Gasteiger partial charge in [-0.3, -0.25) is 9.59 Å². The Bertz CT molecular complexity index is 1090. The fourth-order valence-electron chi connectivity index (χ4n) is 6.57. The lowest BCUT2D eigenvalue weighted by atomic mass is 9.66. The highest BCUT2D eigenvalue weighted by atomic mass is 35.5. The summed E-state index contributed by atoms with van der Waals surface area (Å²) in [6, 6.07) is 0. The molecule has 0 aromatic carbocycles. The maximum atomic E-state index is 14.1. The number of hydrogen-bond acceptors (Lipinski definition) is 4. The highest BCUT2D eigenvalue weighted by molar-refractivity contribution is 6.63. The van der Waals surface area contributed by atoms with Gasteiger partial charge in [0.25, 0.3) is 0 Å². The summed E-state index contributed by atoms with van der Waals surface area (Å²) in [4.78, 5) is 20.2. The van der Waals surface area contributed by atoms with Crippen LogP contribution in [0.2, 0.25) is 0 Å². The molecule has 0 unspecified atom stereocenters. The van der Waals surface area contributed by atoms with E-state index in [2.05, 4.69) is 0 Å². The Labute approximate surface area is 216 Å². The zero-order chi connectivity index (χ0) is 22.5. The monoisotopic (exact) mass is 582 g/mol. The lowest BCUT2D eigenvalue weighted by Crippen LogP contribution is -2.62. The van der Waals surface area contributed by atoms with Gasteiger partial charge in [0.1, 0.15) is 30.3 Å². The van der Waals surface area contributed by atoms with Crippen LogP contribution in [-0.4, -0.2) is 50.1 Å². The molecule has 3 fully saturated rings. The van der Waals surface area contributed by atoms with E-state index in [1.165, 1.54) is 0 Å². The zero-order valence-electron chi connectivity index (χ0n) is 15.0. The molecular formula is C19H10Cl8O4. The molecule has 7 aliphatic rings. The Balaban J connectivity index is 1.69. The molecule has 8 atom stereocenters. The number of hydrogen-bond donors (Lipinski definition) is 0. The van der Waals surface area contributed by atoms with Gasteiger partial charge < -0.3 is 9.47 Å². The predicted octanol–water partition coefficient (Wildman–Crippen LogP) is 5.25. The summed E-state index contributed by atoms with van der Waals surface area (Å²) in [7, 11) is 0. The number of rotatable bonds is 0. The van der Waals surface area contributed by atoms with Gasteiger partial charge in [-0.1, -0.05) is 58.6 Å². The van der Waals surface area contributed by atoms with Crippen LogP contribution in [0, 0.1) is 23.7 Å². The van der Waals surface area contributed by atoms with E-state index in [1.54, 1.807) is 12.2 Å². The average molecular weight is 586 g/mol. The number of ether oxygens (including phenoxy) is 2. The molecule has 12 heteroatoms. The van der Waals surface area contributed by atoms with E-state index in [9.17, 15) is 9.59 Å². The molecule has 0 radical (unpaired) electrons. The lowest BCUT2D eigenvalue weighted by Gasteiger charge is -2.48. The number of carbonyl (C=O) groups excluding carboxylic acids is 2. The molecule has 1 aliphatic heterocycles. The van der Waals surface area contributed by atoms with Crippen molar-refractivity contribution in [2.75, 3.05) is 13.2 Å². The Hall–Kier alpha value is 0.800. The van der Waals surface area contributed by atoms with Gasteiger partial charge >= 0.3 is 0 Å². The quantitative estimate of drug-likeness (QED) is 0.288. The van der Waals surface area contributed by atoms with Crippen molar-refractivity contribution in [2.24, 2.45) is 23.7 Å². The van der Waals surface area contributed by atoms with Crippen molar-refractivity contribution >= 4 is 104 Å². The van der Waals surface area contributed by atoms with E-state index in [0.717, 1.165) is 0 Å².